The molecule has 0 spiro atoms. The first-order valence-electron chi connectivity index (χ1n) is 4.60. The van der Waals surface area contributed by atoms with Gasteiger partial charge in [0.1, 0.15) is 0 Å². The molecule has 1 aliphatic rings. The van der Waals surface area contributed by atoms with Crippen molar-refractivity contribution in [1.82, 2.24) is 0 Å². The fourth-order valence-corrected chi connectivity index (χ4v) is 1.77. The van der Waals surface area contributed by atoms with Crippen LogP contribution < -0.4 is 8.77 Å². The summed E-state index contributed by atoms with van der Waals surface area (Å²) >= 11 is 1.29. The standard InChI is InChI=1S/C11H7F3N.Ti/c12-8-6-9(13)11(10(14)7-8)15-4-2-1-3-5-15;/h1-4,6H,5H2;. The SMILES string of the molecule is Fc1cc(F)c(N2C=CC=CC2)c(F)[c]1[Ti]. The molecule has 2 rings (SSSR count). The molecule has 5 heteroatoms. The summed E-state index contributed by atoms with van der Waals surface area (Å²) in [6.45, 7) is 0.370. The van der Waals surface area contributed by atoms with Gasteiger partial charge in [-0.25, -0.2) is 0 Å². The van der Waals surface area contributed by atoms with E-state index in [4.69, 9.17) is 0 Å². The molecule has 0 fully saturated rings. The monoisotopic (exact) mass is 258 g/mol. The van der Waals surface area contributed by atoms with E-state index < -0.39 is 17.5 Å². The molecule has 16 heavy (non-hydrogen) atoms. The second-order valence-electron chi connectivity index (χ2n) is 3.30. The van der Waals surface area contributed by atoms with Crippen LogP contribution in [-0.4, -0.2) is 6.54 Å². The van der Waals surface area contributed by atoms with Gasteiger partial charge in [0.05, 0.1) is 0 Å². The van der Waals surface area contributed by atoms with Crippen molar-refractivity contribution in [2.45, 2.75) is 0 Å². The molecule has 0 unspecified atom stereocenters. The molecule has 0 amide bonds. The number of allylic oxidation sites excluding steroid dienone is 2. The summed E-state index contributed by atoms with van der Waals surface area (Å²) < 4.78 is 40.1. The topological polar surface area (TPSA) is 3.24 Å². The fraction of sp³-hybridized carbons (Fsp3) is 0.0909. The minimum absolute atomic E-state index is 0.167. The Balaban J connectivity index is 2.52. The van der Waals surface area contributed by atoms with Crippen molar-refractivity contribution in [3.05, 3.63) is 47.9 Å². The van der Waals surface area contributed by atoms with Gasteiger partial charge in [0.2, 0.25) is 0 Å². The van der Waals surface area contributed by atoms with Crippen LogP contribution >= 0.6 is 0 Å². The minimum atomic E-state index is -0.888. The molecule has 1 aromatic rings. The van der Waals surface area contributed by atoms with Gasteiger partial charge in [-0.3, -0.25) is 0 Å². The molecule has 0 saturated heterocycles. The Morgan fingerprint density at radius 3 is 2.50 bits per heavy atom. The number of halogens is 3. The van der Waals surface area contributed by atoms with Crippen molar-refractivity contribution >= 4 is 9.56 Å². The van der Waals surface area contributed by atoms with Crippen molar-refractivity contribution in [2.75, 3.05) is 11.4 Å². The molecule has 0 N–H and O–H groups in total. The number of hydrogen-bond acceptors (Lipinski definition) is 1. The van der Waals surface area contributed by atoms with Crippen LogP contribution in [0.25, 0.3) is 0 Å². The Morgan fingerprint density at radius 2 is 1.88 bits per heavy atom. The van der Waals surface area contributed by atoms with E-state index in [1.807, 2.05) is 0 Å². The zero-order valence-corrected chi connectivity index (χ0v) is 9.74. The molecular weight excluding hydrogens is 251 g/mol. The molecule has 1 aromatic carbocycles. The van der Waals surface area contributed by atoms with Gasteiger partial charge in [0.25, 0.3) is 0 Å². The van der Waals surface area contributed by atoms with Crippen molar-refractivity contribution in [3.63, 3.8) is 0 Å². The van der Waals surface area contributed by atoms with Crippen LogP contribution in [0.15, 0.2) is 30.5 Å². The first-order chi connectivity index (χ1) is 7.61. The zero-order valence-electron chi connectivity index (χ0n) is 8.17. The summed E-state index contributed by atoms with van der Waals surface area (Å²) in [5, 5.41) is 0. The average molecular weight is 258 g/mol. The summed E-state index contributed by atoms with van der Waals surface area (Å²) in [5.41, 5.74) is -0.209. The quantitative estimate of drug-likeness (QED) is 0.698. The van der Waals surface area contributed by atoms with Crippen molar-refractivity contribution in [2.24, 2.45) is 0 Å². The zero-order chi connectivity index (χ0) is 11.7. The van der Waals surface area contributed by atoms with Crippen molar-refractivity contribution < 1.29 is 33.6 Å². The Bertz CT molecular complexity index is 483. The average Bonchev–Trinajstić information content (AvgIpc) is 2.28. The number of anilines is 1. The van der Waals surface area contributed by atoms with E-state index in [0.29, 0.717) is 12.6 Å². The summed E-state index contributed by atoms with van der Waals surface area (Å²) in [6, 6.07) is 0.708. The maximum absolute atomic E-state index is 13.7. The number of hydrogen-bond donors (Lipinski definition) is 0. The fourth-order valence-electron chi connectivity index (χ4n) is 1.48. The second-order valence-corrected chi connectivity index (χ2v) is 4.08. The summed E-state index contributed by atoms with van der Waals surface area (Å²) in [4.78, 5) is 1.40. The van der Waals surface area contributed by atoms with Gasteiger partial charge in [0, 0.05) is 0 Å². The Kier molecular flexibility index (Phi) is 3.21. The van der Waals surface area contributed by atoms with Gasteiger partial charge in [-0.15, -0.1) is 0 Å². The molecule has 81 valence electrons. The van der Waals surface area contributed by atoms with Gasteiger partial charge in [-0.2, -0.15) is 0 Å². The molecule has 0 aromatic heterocycles. The van der Waals surface area contributed by atoms with Crippen LogP contribution in [0.5, 0.6) is 0 Å². The van der Waals surface area contributed by atoms with Crippen LogP contribution in [0.1, 0.15) is 0 Å². The molecule has 0 bridgehead atoms. The molecular formula is C11H7F3NTi. The van der Waals surface area contributed by atoms with Crippen molar-refractivity contribution in [1.29, 1.82) is 0 Å². The summed E-state index contributed by atoms with van der Waals surface area (Å²) in [5.74, 6) is -2.60. The van der Waals surface area contributed by atoms with Gasteiger partial charge in [0.15, 0.2) is 0 Å². The molecule has 0 radical (unpaired) electrons. The normalized spacial score (nSPS) is 14.5. The van der Waals surface area contributed by atoms with Crippen LogP contribution in [0.3, 0.4) is 0 Å². The van der Waals surface area contributed by atoms with E-state index in [1.54, 1.807) is 24.4 Å². The van der Waals surface area contributed by atoms with Gasteiger partial charge in [-0.05, 0) is 0 Å². The van der Waals surface area contributed by atoms with Crippen LogP contribution in [0.4, 0.5) is 18.9 Å². The van der Waals surface area contributed by atoms with E-state index in [1.165, 1.54) is 25.3 Å². The van der Waals surface area contributed by atoms with E-state index >= 15 is 0 Å². The molecule has 1 heterocycles. The van der Waals surface area contributed by atoms with E-state index in [9.17, 15) is 13.2 Å². The van der Waals surface area contributed by atoms with Crippen LogP contribution in [0, 0.1) is 17.5 Å². The van der Waals surface area contributed by atoms with E-state index in [-0.39, 0.29) is 9.56 Å². The third kappa shape index (κ3) is 1.95. The number of nitrogens with zero attached hydrogens (tertiary/aromatic N) is 1. The van der Waals surface area contributed by atoms with Crippen molar-refractivity contribution in [3.8, 4) is 0 Å². The third-order valence-electron chi connectivity index (χ3n) is 2.25. The van der Waals surface area contributed by atoms with E-state index in [2.05, 4.69) is 0 Å². The Morgan fingerprint density at radius 1 is 1.12 bits per heavy atom. The molecule has 0 saturated carbocycles. The predicted octanol–water partition coefficient (Wildman–Crippen LogP) is 2.17. The maximum atomic E-state index is 13.7. The molecule has 0 aliphatic carbocycles. The Labute approximate surface area is 103 Å². The van der Waals surface area contributed by atoms with E-state index in [0.717, 1.165) is 0 Å². The molecule has 1 nitrogen and oxygen atoms in total. The van der Waals surface area contributed by atoms with Crippen LogP contribution in [-0.2, 0) is 20.4 Å². The first-order valence-corrected chi connectivity index (χ1v) is 5.38. The van der Waals surface area contributed by atoms with Gasteiger partial charge in [-0.1, -0.05) is 0 Å². The first kappa shape index (κ1) is 11.5. The van der Waals surface area contributed by atoms with Gasteiger partial charge >= 0.3 is 103 Å². The second kappa shape index (κ2) is 4.48. The third-order valence-corrected chi connectivity index (χ3v) is 2.96. The summed E-state index contributed by atoms with van der Waals surface area (Å²) in [7, 11) is 0. The molecule has 0 atom stereocenters. The molecule has 1 aliphatic heterocycles. The van der Waals surface area contributed by atoms with Crippen LogP contribution in [0.2, 0.25) is 0 Å². The van der Waals surface area contributed by atoms with Gasteiger partial charge < -0.3 is 0 Å². The summed E-state index contributed by atoms with van der Waals surface area (Å²) in [6.07, 6.45) is 6.76. The Hall–Kier alpha value is -0.996. The predicted molar refractivity (Wildman–Crippen MR) is 51.6 cm³/mol. The number of rotatable bonds is 1. The number of benzene rings is 1.